The van der Waals surface area contributed by atoms with E-state index in [1.54, 1.807) is 18.2 Å². The van der Waals surface area contributed by atoms with Gasteiger partial charge in [-0.2, -0.15) is 0 Å². The van der Waals surface area contributed by atoms with Crippen molar-refractivity contribution in [2.75, 3.05) is 14.2 Å². The van der Waals surface area contributed by atoms with Crippen LogP contribution in [-0.4, -0.2) is 30.1 Å². The summed E-state index contributed by atoms with van der Waals surface area (Å²) in [5, 5.41) is 1.87. The molecule has 0 fully saturated rings. The second-order valence-corrected chi connectivity index (χ2v) is 5.75. The molecule has 0 atom stereocenters. The van der Waals surface area contributed by atoms with Gasteiger partial charge in [-0.1, -0.05) is 0 Å². The first-order chi connectivity index (χ1) is 12.0. The summed E-state index contributed by atoms with van der Waals surface area (Å²) in [7, 11) is 2.96. The van der Waals surface area contributed by atoms with Gasteiger partial charge in [-0.25, -0.2) is 13.8 Å². The minimum absolute atomic E-state index is 0.182. The molecule has 0 saturated carbocycles. The van der Waals surface area contributed by atoms with E-state index in [9.17, 15) is 13.6 Å². The number of carbonyl (C=O) groups excluding carboxylic acids is 1. The number of halogens is 2. The lowest BCUT2D eigenvalue weighted by Gasteiger charge is -2.13. The third kappa shape index (κ3) is 3.53. The molecule has 0 aliphatic heterocycles. The molecule has 6 heteroatoms. The molecular weight excluding hydrogens is 326 g/mol. The number of amides is 1. The Balaban J connectivity index is 2.03. The van der Waals surface area contributed by atoms with Gasteiger partial charge in [0.2, 0.25) is 5.91 Å². The number of carbonyl (C=O) groups is 1. The summed E-state index contributed by atoms with van der Waals surface area (Å²) in [5.41, 5.74) is 3.12. The van der Waals surface area contributed by atoms with E-state index >= 15 is 0 Å². The van der Waals surface area contributed by atoms with Crippen LogP contribution in [-0.2, 0) is 16.1 Å². The van der Waals surface area contributed by atoms with Crippen LogP contribution in [0.15, 0.2) is 42.5 Å². The second kappa shape index (κ2) is 7.03. The molecule has 25 heavy (non-hydrogen) atoms. The van der Waals surface area contributed by atoms with Crippen molar-refractivity contribution in [2.45, 2.75) is 12.8 Å². The number of aryl methyl sites for hydroxylation is 1. The maximum atomic E-state index is 13.7. The normalized spacial score (nSPS) is 11.0. The van der Waals surface area contributed by atoms with Gasteiger partial charge < -0.3 is 4.98 Å². The van der Waals surface area contributed by atoms with Crippen LogP contribution in [0.3, 0.4) is 0 Å². The fourth-order valence-electron chi connectivity index (χ4n) is 2.83. The predicted molar refractivity (Wildman–Crippen MR) is 91.8 cm³/mol. The van der Waals surface area contributed by atoms with Gasteiger partial charge in [0.1, 0.15) is 11.6 Å². The number of benzene rings is 2. The number of H-pyrrole nitrogens is 1. The van der Waals surface area contributed by atoms with Gasteiger partial charge in [0.05, 0.1) is 7.11 Å². The summed E-state index contributed by atoms with van der Waals surface area (Å²) in [6, 6.07) is 10.5. The van der Waals surface area contributed by atoms with Crippen LogP contribution in [0, 0.1) is 11.6 Å². The molecule has 130 valence electrons. The number of aromatic nitrogens is 1. The molecule has 1 heterocycles. The van der Waals surface area contributed by atoms with Crippen molar-refractivity contribution in [3.05, 3.63) is 59.7 Å². The Morgan fingerprint density at radius 2 is 1.80 bits per heavy atom. The Morgan fingerprint density at radius 3 is 2.48 bits per heavy atom. The maximum absolute atomic E-state index is 13.7. The molecule has 0 aliphatic rings. The van der Waals surface area contributed by atoms with Gasteiger partial charge in [0.25, 0.3) is 0 Å². The Kier molecular flexibility index (Phi) is 4.81. The third-order valence-corrected chi connectivity index (χ3v) is 4.22. The molecule has 4 nitrogen and oxygen atoms in total. The van der Waals surface area contributed by atoms with Crippen LogP contribution in [0.2, 0.25) is 0 Å². The van der Waals surface area contributed by atoms with Crippen molar-refractivity contribution in [1.82, 2.24) is 10.0 Å². The zero-order valence-electron chi connectivity index (χ0n) is 14.0. The minimum Gasteiger partial charge on any atom is -0.354 e. The SMILES string of the molecule is CON(C)C(=O)CCc1c(-c2ccc(F)cc2)[nH]c2ccc(F)cc12. The van der Waals surface area contributed by atoms with Gasteiger partial charge in [-0.3, -0.25) is 9.63 Å². The van der Waals surface area contributed by atoms with Gasteiger partial charge in [0.15, 0.2) is 0 Å². The van der Waals surface area contributed by atoms with E-state index in [2.05, 4.69) is 4.98 Å². The molecule has 1 aromatic heterocycles. The molecule has 0 bridgehead atoms. The zero-order chi connectivity index (χ0) is 18.0. The summed E-state index contributed by atoms with van der Waals surface area (Å²) < 4.78 is 26.9. The Labute approximate surface area is 144 Å². The molecule has 1 amide bonds. The molecule has 0 radical (unpaired) electrons. The Morgan fingerprint density at radius 1 is 1.12 bits per heavy atom. The summed E-state index contributed by atoms with van der Waals surface area (Å²) in [4.78, 5) is 20.2. The average Bonchev–Trinajstić information content (AvgIpc) is 2.97. The molecule has 3 rings (SSSR count). The van der Waals surface area contributed by atoms with Crippen LogP contribution in [0.25, 0.3) is 22.2 Å². The van der Waals surface area contributed by atoms with Crippen LogP contribution < -0.4 is 0 Å². The zero-order valence-corrected chi connectivity index (χ0v) is 14.0. The van der Waals surface area contributed by atoms with E-state index in [0.29, 0.717) is 11.8 Å². The molecule has 0 spiro atoms. The molecule has 0 unspecified atom stereocenters. The number of rotatable bonds is 5. The van der Waals surface area contributed by atoms with E-state index in [1.165, 1.54) is 38.4 Å². The number of nitrogens with one attached hydrogen (secondary N) is 1. The van der Waals surface area contributed by atoms with Crippen molar-refractivity contribution in [2.24, 2.45) is 0 Å². The minimum atomic E-state index is -0.348. The van der Waals surface area contributed by atoms with Crippen LogP contribution in [0.1, 0.15) is 12.0 Å². The van der Waals surface area contributed by atoms with E-state index in [-0.39, 0.29) is 24.0 Å². The average molecular weight is 344 g/mol. The summed E-state index contributed by atoms with van der Waals surface area (Å²) >= 11 is 0. The first kappa shape index (κ1) is 17.1. The Bertz CT molecular complexity index is 904. The van der Waals surface area contributed by atoms with Crippen LogP contribution >= 0.6 is 0 Å². The number of fused-ring (bicyclic) bond motifs is 1. The monoisotopic (exact) mass is 344 g/mol. The summed E-state index contributed by atoms with van der Waals surface area (Å²) in [6.07, 6.45) is 0.616. The highest BCUT2D eigenvalue weighted by Gasteiger charge is 2.16. The van der Waals surface area contributed by atoms with Crippen LogP contribution in [0.4, 0.5) is 8.78 Å². The highest BCUT2D eigenvalue weighted by atomic mass is 19.1. The van der Waals surface area contributed by atoms with Gasteiger partial charge in [0, 0.05) is 30.1 Å². The van der Waals surface area contributed by atoms with Gasteiger partial charge in [-0.15, -0.1) is 0 Å². The molecule has 3 aromatic rings. The third-order valence-electron chi connectivity index (χ3n) is 4.22. The van der Waals surface area contributed by atoms with Crippen molar-refractivity contribution < 1.29 is 18.4 Å². The van der Waals surface area contributed by atoms with E-state index in [0.717, 1.165) is 27.4 Å². The topological polar surface area (TPSA) is 45.3 Å². The number of aromatic amines is 1. The highest BCUT2D eigenvalue weighted by Crippen LogP contribution is 2.32. The van der Waals surface area contributed by atoms with Crippen molar-refractivity contribution >= 4 is 16.8 Å². The van der Waals surface area contributed by atoms with E-state index in [1.807, 2.05) is 0 Å². The molecule has 2 aromatic carbocycles. The summed E-state index contributed by atoms with van der Waals surface area (Å²) in [6.45, 7) is 0. The van der Waals surface area contributed by atoms with E-state index < -0.39 is 0 Å². The first-order valence-corrected chi connectivity index (χ1v) is 7.86. The maximum Gasteiger partial charge on any atom is 0.246 e. The lowest BCUT2D eigenvalue weighted by molar-refractivity contribution is -0.168. The Hall–Kier alpha value is -2.73. The molecular formula is C19H18F2N2O2. The number of hydrogen-bond donors (Lipinski definition) is 1. The fourth-order valence-corrected chi connectivity index (χ4v) is 2.83. The molecule has 0 aliphatic carbocycles. The lowest BCUT2D eigenvalue weighted by atomic mass is 10.0. The lowest BCUT2D eigenvalue weighted by Crippen LogP contribution is -2.25. The van der Waals surface area contributed by atoms with Crippen LogP contribution in [0.5, 0.6) is 0 Å². The van der Waals surface area contributed by atoms with Crippen molar-refractivity contribution in [3.63, 3.8) is 0 Å². The van der Waals surface area contributed by atoms with Gasteiger partial charge in [-0.05, 0) is 60.0 Å². The molecule has 0 saturated heterocycles. The largest absolute Gasteiger partial charge is 0.354 e. The second-order valence-electron chi connectivity index (χ2n) is 5.75. The van der Waals surface area contributed by atoms with E-state index in [4.69, 9.17) is 4.84 Å². The first-order valence-electron chi connectivity index (χ1n) is 7.86. The molecule has 1 N–H and O–H groups in total. The quantitative estimate of drug-likeness (QED) is 0.709. The van der Waals surface area contributed by atoms with Crippen molar-refractivity contribution in [3.8, 4) is 11.3 Å². The summed E-state index contributed by atoms with van der Waals surface area (Å²) in [5.74, 6) is -0.860. The number of hydroxylamine groups is 2. The standard InChI is InChI=1S/C19H18F2N2O2/c1-23(25-2)18(24)10-8-15-16-11-14(21)7-9-17(16)22-19(15)12-3-5-13(20)6-4-12/h3-7,9,11,22H,8,10H2,1-2H3. The fraction of sp³-hybridized carbons (Fsp3) is 0.211. The number of hydrogen-bond acceptors (Lipinski definition) is 2. The number of nitrogens with zero attached hydrogens (tertiary/aromatic N) is 1. The highest BCUT2D eigenvalue weighted by molar-refractivity contribution is 5.91. The predicted octanol–water partition coefficient (Wildman–Crippen LogP) is 4.07. The smallest absolute Gasteiger partial charge is 0.246 e. The van der Waals surface area contributed by atoms with Crippen molar-refractivity contribution in [1.29, 1.82) is 0 Å². The van der Waals surface area contributed by atoms with Gasteiger partial charge >= 0.3 is 0 Å².